The number of benzene rings is 1. The molecule has 92 valence electrons. The quantitative estimate of drug-likeness (QED) is 0.893. The minimum absolute atomic E-state index is 0.0957. The van der Waals surface area contributed by atoms with Gasteiger partial charge in [-0.25, -0.2) is 4.79 Å². The summed E-state index contributed by atoms with van der Waals surface area (Å²) in [5, 5.41) is 2.37. The zero-order valence-electron chi connectivity index (χ0n) is 9.80. The van der Waals surface area contributed by atoms with Gasteiger partial charge >= 0.3 is 6.09 Å². The largest absolute Gasteiger partial charge is 0.445 e. The summed E-state index contributed by atoms with van der Waals surface area (Å²) in [6, 6.07) is 8.83. The summed E-state index contributed by atoms with van der Waals surface area (Å²) in [5.41, 5.74) is 0.909. The highest BCUT2D eigenvalue weighted by Crippen LogP contribution is 2.02. The van der Waals surface area contributed by atoms with Crippen LogP contribution in [0, 0.1) is 0 Å². The number of hydrogen-bond donors (Lipinski definition) is 1. The normalized spacial score (nSPS) is 11.6. The highest BCUT2D eigenvalue weighted by atomic mass is 32.2. The van der Waals surface area contributed by atoms with Crippen LogP contribution in [0.2, 0.25) is 0 Å². The van der Waals surface area contributed by atoms with Crippen molar-refractivity contribution in [3.8, 4) is 0 Å². The minimum atomic E-state index is -0.580. The lowest BCUT2D eigenvalue weighted by atomic mass is 10.2. The zero-order valence-corrected chi connectivity index (χ0v) is 10.6. The van der Waals surface area contributed by atoms with Crippen LogP contribution in [0.4, 0.5) is 4.79 Å². The smallest absolute Gasteiger partial charge is 0.408 e. The van der Waals surface area contributed by atoms with Gasteiger partial charge in [0.05, 0.1) is 6.04 Å². The third-order valence-electron chi connectivity index (χ3n) is 2.10. The Morgan fingerprint density at radius 2 is 2.00 bits per heavy atom. The van der Waals surface area contributed by atoms with E-state index in [2.05, 4.69) is 5.32 Å². The van der Waals surface area contributed by atoms with Crippen LogP contribution in [-0.2, 0) is 16.1 Å². The number of amides is 1. The van der Waals surface area contributed by atoms with E-state index in [1.807, 2.05) is 30.3 Å². The maximum absolute atomic E-state index is 11.4. The average molecular weight is 253 g/mol. The van der Waals surface area contributed by atoms with Gasteiger partial charge in [0.2, 0.25) is 5.12 Å². The molecule has 0 radical (unpaired) electrons. The van der Waals surface area contributed by atoms with E-state index in [0.29, 0.717) is 0 Å². The van der Waals surface area contributed by atoms with Gasteiger partial charge in [0.15, 0.2) is 0 Å². The van der Waals surface area contributed by atoms with E-state index in [0.717, 1.165) is 17.3 Å². The van der Waals surface area contributed by atoms with Gasteiger partial charge in [-0.2, -0.15) is 0 Å². The Kier molecular flexibility index (Phi) is 5.56. The van der Waals surface area contributed by atoms with Crippen LogP contribution in [0.25, 0.3) is 0 Å². The molecule has 1 atom stereocenters. The van der Waals surface area contributed by atoms with Crippen LogP contribution in [-0.4, -0.2) is 23.5 Å². The summed E-state index contributed by atoms with van der Waals surface area (Å²) in [5.74, 6) is 0. The molecule has 0 saturated carbocycles. The average Bonchev–Trinajstić information content (AvgIpc) is 2.36. The zero-order chi connectivity index (χ0) is 12.7. The molecule has 0 unspecified atom stereocenters. The molecule has 0 bridgehead atoms. The predicted octanol–water partition coefficient (Wildman–Crippen LogP) is 2.19. The molecule has 0 spiro atoms. The second-order valence-electron chi connectivity index (χ2n) is 3.45. The topological polar surface area (TPSA) is 55.4 Å². The number of carbonyl (C=O) groups excluding carboxylic acids is 2. The second-order valence-corrected chi connectivity index (χ2v) is 4.26. The van der Waals surface area contributed by atoms with Crippen LogP contribution in [0.1, 0.15) is 12.5 Å². The van der Waals surface area contributed by atoms with Gasteiger partial charge in [-0.1, -0.05) is 42.1 Å². The van der Waals surface area contributed by atoms with Gasteiger partial charge < -0.3 is 10.1 Å². The van der Waals surface area contributed by atoms with Crippen molar-refractivity contribution >= 4 is 23.0 Å². The van der Waals surface area contributed by atoms with E-state index < -0.39 is 12.1 Å². The van der Waals surface area contributed by atoms with Crippen molar-refractivity contribution in [3.05, 3.63) is 35.9 Å². The molecular weight excluding hydrogens is 238 g/mol. The molecule has 1 aromatic carbocycles. The van der Waals surface area contributed by atoms with E-state index in [1.165, 1.54) is 0 Å². The van der Waals surface area contributed by atoms with Crippen LogP contribution in [0.5, 0.6) is 0 Å². The fraction of sp³-hybridized carbons (Fsp3) is 0.333. The van der Waals surface area contributed by atoms with Crippen molar-refractivity contribution in [2.45, 2.75) is 19.6 Å². The predicted molar refractivity (Wildman–Crippen MR) is 67.7 cm³/mol. The molecule has 0 saturated heterocycles. The number of alkyl carbamates (subject to hydrolysis) is 1. The molecule has 0 aromatic heterocycles. The first-order valence-corrected chi connectivity index (χ1v) is 6.41. The van der Waals surface area contributed by atoms with E-state index in [9.17, 15) is 9.59 Å². The SMILES string of the molecule is CSC(=O)[C@H](C)NC(=O)OCc1ccccc1. The van der Waals surface area contributed by atoms with Crippen molar-refractivity contribution in [1.29, 1.82) is 0 Å². The number of ether oxygens (including phenoxy) is 1. The number of carbonyl (C=O) groups is 2. The molecule has 0 aliphatic heterocycles. The Morgan fingerprint density at radius 1 is 1.35 bits per heavy atom. The lowest BCUT2D eigenvalue weighted by Crippen LogP contribution is -2.37. The van der Waals surface area contributed by atoms with Crippen LogP contribution in [0.3, 0.4) is 0 Å². The molecular formula is C12H15NO3S. The molecule has 0 fully saturated rings. The first-order valence-electron chi connectivity index (χ1n) is 5.18. The highest BCUT2D eigenvalue weighted by Gasteiger charge is 2.14. The Labute approximate surface area is 105 Å². The molecule has 5 heteroatoms. The van der Waals surface area contributed by atoms with Crippen LogP contribution >= 0.6 is 11.8 Å². The van der Waals surface area contributed by atoms with Gasteiger partial charge in [-0.05, 0) is 18.7 Å². The summed E-state index contributed by atoms with van der Waals surface area (Å²) in [6.45, 7) is 1.83. The third-order valence-corrected chi connectivity index (χ3v) is 2.86. The fourth-order valence-electron chi connectivity index (χ4n) is 1.18. The molecule has 1 rings (SSSR count). The van der Waals surface area contributed by atoms with E-state index in [4.69, 9.17) is 4.74 Å². The van der Waals surface area contributed by atoms with Gasteiger partial charge in [-0.3, -0.25) is 4.79 Å². The summed E-state index contributed by atoms with van der Waals surface area (Å²) in [7, 11) is 0. The lowest BCUT2D eigenvalue weighted by molar-refractivity contribution is -0.112. The highest BCUT2D eigenvalue weighted by molar-refractivity contribution is 8.13. The van der Waals surface area contributed by atoms with Gasteiger partial charge in [0.25, 0.3) is 0 Å². The second kappa shape index (κ2) is 6.96. The van der Waals surface area contributed by atoms with Crippen molar-refractivity contribution < 1.29 is 14.3 Å². The molecule has 0 aliphatic rings. The fourth-order valence-corrected chi connectivity index (χ4v) is 1.59. The van der Waals surface area contributed by atoms with Crippen molar-refractivity contribution in [2.24, 2.45) is 0 Å². The summed E-state index contributed by atoms with van der Waals surface area (Å²) in [4.78, 5) is 22.6. The first kappa shape index (κ1) is 13.6. The molecule has 17 heavy (non-hydrogen) atoms. The minimum Gasteiger partial charge on any atom is -0.445 e. The van der Waals surface area contributed by atoms with Crippen LogP contribution in [0.15, 0.2) is 30.3 Å². The Bertz CT molecular complexity index is 381. The standard InChI is InChI=1S/C12H15NO3S/c1-9(11(14)17-2)13-12(15)16-8-10-6-4-3-5-7-10/h3-7,9H,8H2,1-2H3,(H,13,15)/t9-/m0/s1. The number of thioether (sulfide) groups is 1. The van der Waals surface area contributed by atoms with E-state index in [1.54, 1.807) is 13.2 Å². The van der Waals surface area contributed by atoms with E-state index >= 15 is 0 Å². The van der Waals surface area contributed by atoms with Gasteiger partial charge in [0.1, 0.15) is 6.61 Å². The number of rotatable bonds is 4. The summed E-state index contributed by atoms with van der Waals surface area (Å²) < 4.78 is 4.98. The molecule has 0 aliphatic carbocycles. The van der Waals surface area contributed by atoms with Crippen molar-refractivity contribution in [2.75, 3.05) is 6.26 Å². The Morgan fingerprint density at radius 3 is 2.59 bits per heavy atom. The molecule has 1 amide bonds. The van der Waals surface area contributed by atoms with Crippen molar-refractivity contribution in [1.82, 2.24) is 5.32 Å². The molecule has 1 N–H and O–H groups in total. The summed E-state index contributed by atoms with van der Waals surface area (Å²) in [6.07, 6.45) is 1.10. The Balaban J connectivity index is 2.33. The number of hydrogen-bond acceptors (Lipinski definition) is 4. The first-order chi connectivity index (χ1) is 8.13. The van der Waals surface area contributed by atoms with Gasteiger partial charge in [0, 0.05) is 0 Å². The van der Waals surface area contributed by atoms with Crippen LogP contribution < -0.4 is 5.32 Å². The lowest BCUT2D eigenvalue weighted by Gasteiger charge is -2.11. The van der Waals surface area contributed by atoms with Gasteiger partial charge in [-0.15, -0.1) is 0 Å². The molecule has 4 nitrogen and oxygen atoms in total. The van der Waals surface area contributed by atoms with Crippen molar-refractivity contribution in [3.63, 3.8) is 0 Å². The maximum Gasteiger partial charge on any atom is 0.408 e. The number of nitrogens with one attached hydrogen (secondary N) is 1. The molecule has 0 heterocycles. The summed E-state index contributed by atoms with van der Waals surface area (Å²) >= 11 is 1.08. The van der Waals surface area contributed by atoms with E-state index in [-0.39, 0.29) is 11.7 Å². The molecule has 1 aromatic rings. The third kappa shape index (κ3) is 4.91. The monoisotopic (exact) mass is 253 g/mol. The Hall–Kier alpha value is -1.49. The maximum atomic E-state index is 11.4.